The zero-order chi connectivity index (χ0) is 18.4. The van der Waals surface area contributed by atoms with E-state index in [1.165, 1.54) is 10.4 Å². The van der Waals surface area contributed by atoms with E-state index in [0.29, 0.717) is 37.7 Å². The summed E-state index contributed by atoms with van der Waals surface area (Å²) in [6.07, 6.45) is 2.00. The minimum absolute atomic E-state index is 0.0297. The standard InChI is InChI=1S/C17H26ClN3O3S/c1-3-5-14(2)19-17(22)13-20-8-10-21(11-9-20)25(23,24)16-7-4-6-15(18)12-16/h4,6-7,12,14H,3,5,8-11,13H2,1-2H3,(H,19,22)/p+1/t14-/m1/s1. The fourth-order valence-corrected chi connectivity index (χ4v) is 4.80. The molecule has 0 bridgehead atoms. The van der Waals surface area contributed by atoms with Gasteiger partial charge in [-0.2, -0.15) is 4.31 Å². The van der Waals surface area contributed by atoms with Gasteiger partial charge in [0, 0.05) is 11.1 Å². The molecule has 1 aliphatic rings. The molecule has 2 N–H and O–H groups in total. The summed E-state index contributed by atoms with van der Waals surface area (Å²) in [6.45, 7) is 6.54. The van der Waals surface area contributed by atoms with Gasteiger partial charge >= 0.3 is 0 Å². The van der Waals surface area contributed by atoms with E-state index < -0.39 is 10.0 Å². The highest BCUT2D eigenvalue weighted by molar-refractivity contribution is 7.89. The summed E-state index contributed by atoms with van der Waals surface area (Å²) < 4.78 is 26.8. The Labute approximate surface area is 155 Å². The molecule has 140 valence electrons. The van der Waals surface area contributed by atoms with Crippen molar-refractivity contribution in [2.75, 3.05) is 32.7 Å². The van der Waals surface area contributed by atoms with E-state index in [1.807, 2.05) is 6.92 Å². The third-order valence-electron chi connectivity index (χ3n) is 4.40. The summed E-state index contributed by atoms with van der Waals surface area (Å²) in [4.78, 5) is 13.4. The summed E-state index contributed by atoms with van der Waals surface area (Å²) in [5, 5.41) is 3.40. The summed E-state index contributed by atoms with van der Waals surface area (Å²) in [7, 11) is -3.53. The molecule has 1 aromatic rings. The minimum Gasteiger partial charge on any atom is -0.349 e. The first-order valence-electron chi connectivity index (χ1n) is 8.71. The first-order chi connectivity index (χ1) is 11.8. The smallest absolute Gasteiger partial charge is 0.275 e. The van der Waals surface area contributed by atoms with E-state index in [2.05, 4.69) is 12.2 Å². The zero-order valence-corrected chi connectivity index (χ0v) is 16.4. The van der Waals surface area contributed by atoms with Gasteiger partial charge in [-0.3, -0.25) is 4.79 Å². The van der Waals surface area contributed by atoms with Crippen LogP contribution in [-0.4, -0.2) is 57.4 Å². The number of nitrogens with one attached hydrogen (secondary N) is 2. The van der Waals surface area contributed by atoms with Gasteiger partial charge in [0.2, 0.25) is 10.0 Å². The van der Waals surface area contributed by atoms with Crippen molar-refractivity contribution in [1.82, 2.24) is 9.62 Å². The van der Waals surface area contributed by atoms with Crippen LogP contribution in [0.3, 0.4) is 0 Å². The number of benzene rings is 1. The molecular formula is C17H27ClN3O3S+. The van der Waals surface area contributed by atoms with Crippen molar-refractivity contribution in [2.24, 2.45) is 0 Å². The maximum atomic E-state index is 12.7. The molecule has 25 heavy (non-hydrogen) atoms. The number of sulfonamides is 1. The summed E-state index contributed by atoms with van der Waals surface area (Å²) in [6, 6.07) is 6.50. The molecule has 0 unspecified atom stereocenters. The Morgan fingerprint density at radius 1 is 1.36 bits per heavy atom. The molecule has 0 aromatic heterocycles. The number of amides is 1. The van der Waals surface area contributed by atoms with E-state index >= 15 is 0 Å². The second kappa shape index (κ2) is 8.98. The van der Waals surface area contributed by atoms with E-state index in [0.717, 1.165) is 17.7 Å². The second-order valence-electron chi connectivity index (χ2n) is 6.55. The van der Waals surface area contributed by atoms with Gasteiger partial charge in [0.15, 0.2) is 6.54 Å². The summed E-state index contributed by atoms with van der Waals surface area (Å²) in [5.41, 5.74) is 0. The maximum absolute atomic E-state index is 12.7. The predicted molar refractivity (Wildman–Crippen MR) is 98.3 cm³/mol. The van der Waals surface area contributed by atoms with Crippen LogP contribution in [0.25, 0.3) is 0 Å². The van der Waals surface area contributed by atoms with Crippen molar-refractivity contribution >= 4 is 27.5 Å². The number of carbonyl (C=O) groups excluding carboxylic acids is 1. The molecule has 0 aliphatic carbocycles. The van der Waals surface area contributed by atoms with Crippen molar-refractivity contribution < 1.29 is 18.1 Å². The summed E-state index contributed by atoms with van der Waals surface area (Å²) in [5.74, 6) is 0.0297. The summed E-state index contributed by atoms with van der Waals surface area (Å²) >= 11 is 5.90. The number of carbonyl (C=O) groups is 1. The molecule has 6 nitrogen and oxygen atoms in total. The van der Waals surface area contributed by atoms with E-state index in [1.54, 1.807) is 18.2 Å². The fraction of sp³-hybridized carbons (Fsp3) is 0.588. The Hall–Kier alpha value is -1.15. The van der Waals surface area contributed by atoms with Crippen molar-refractivity contribution in [3.63, 3.8) is 0 Å². The van der Waals surface area contributed by atoms with Gasteiger partial charge in [-0.1, -0.05) is 31.0 Å². The predicted octanol–water partition coefficient (Wildman–Crippen LogP) is 0.534. The highest BCUT2D eigenvalue weighted by Gasteiger charge is 2.31. The average Bonchev–Trinajstić information content (AvgIpc) is 2.55. The molecule has 1 heterocycles. The number of hydrogen-bond acceptors (Lipinski definition) is 3. The Bertz CT molecular complexity index is 688. The highest BCUT2D eigenvalue weighted by atomic mass is 35.5. The van der Waals surface area contributed by atoms with Crippen LogP contribution in [-0.2, 0) is 14.8 Å². The molecule has 1 saturated heterocycles. The highest BCUT2D eigenvalue weighted by Crippen LogP contribution is 2.19. The Morgan fingerprint density at radius 3 is 2.64 bits per heavy atom. The van der Waals surface area contributed by atoms with Crippen molar-refractivity contribution in [2.45, 2.75) is 37.6 Å². The van der Waals surface area contributed by atoms with Crippen LogP contribution in [0.1, 0.15) is 26.7 Å². The largest absolute Gasteiger partial charge is 0.349 e. The van der Waals surface area contributed by atoms with E-state index in [-0.39, 0.29) is 16.8 Å². The van der Waals surface area contributed by atoms with Gasteiger partial charge in [0.25, 0.3) is 5.91 Å². The van der Waals surface area contributed by atoms with Crippen LogP contribution >= 0.6 is 11.6 Å². The lowest BCUT2D eigenvalue weighted by atomic mass is 10.2. The average molecular weight is 389 g/mol. The Morgan fingerprint density at radius 2 is 2.04 bits per heavy atom. The van der Waals surface area contributed by atoms with Gasteiger partial charge in [0.1, 0.15) is 0 Å². The van der Waals surface area contributed by atoms with Gasteiger partial charge in [-0.15, -0.1) is 0 Å². The molecule has 0 saturated carbocycles. The van der Waals surface area contributed by atoms with Crippen molar-refractivity contribution in [1.29, 1.82) is 0 Å². The van der Waals surface area contributed by atoms with Gasteiger partial charge in [0.05, 0.1) is 31.1 Å². The molecule has 8 heteroatoms. The third kappa shape index (κ3) is 5.67. The molecule has 1 aromatic carbocycles. The topological polar surface area (TPSA) is 70.9 Å². The fourth-order valence-electron chi connectivity index (χ4n) is 3.05. The normalized spacial score (nSPS) is 18.0. The Balaban J connectivity index is 1.88. The molecule has 0 spiro atoms. The van der Waals surface area contributed by atoms with E-state index in [9.17, 15) is 13.2 Å². The molecule has 1 amide bonds. The Kier molecular flexibility index (Phi) is 7.25. The zero-order valence-electron chi connectivity index (χ0n) is 14.8. The number of nitrogens with zero attached hydrogens (tertiary/aromatic N) is 1. The van der Waals surface area contributed by atoms with Crippen LogP contribution in [0, 0.1) is 0 Å². The number of halogens is 1. The lowest BCUT2D eigenvalue weighted by molar-refractivity contribution is -0.895. The van der Waals surface area contributed by atoms with Crippen LogP contribution in [0.2, 0.25) is 5.02 Å². The minimum atomic E-state index is -3.53. The molecular weight excluding hydrogens is 362 g/mol. The van der Waals surface area contributed by atoms with Gasteiger partial charge < -0.3 is 10.2 Å². The first kappa shape index (κ1) is 20.2. The van der Waals surface area contributed by atoms with Gasteiger partial charge in [-0.05, 0) is 31.5 Å². The second-order valence-corrected chi connectivity index (χ2v) is 8.92. The van der Waals surface area contributed by atoms with Crippen molar-refractivity contribution in [3.05, 3.63) is 29.3 Å². The lowest BCUT2D eigenvalue weighted by Crippen LogP contribution is -3.15. The van der Waals surface area contributed by atoms with Crippen LogP contribution < -0.4 is 10.2 Å². The van der Waals surface area contributed by atoms with Crippen LogP contribution in [0.15, 0.2) is 29.2 Å². The number of hydrogen-bond donors (Lipinski definition) is 2. The van der Waals surface area contributed by atoms with E-state index in [4.69, 9.17) is 11.6 Å². The third-order valence-corrected chi connectivity index (χ3v) is 6.53. The number of quaternary nitrogens is 1. The van der Waals surface area contributed by atoms with Crippen LogP contribution in [0.4, 0.5) is 0 Å². The molecule has 1 aliphatic heterocycles. The maximum Gasteiger partial charge on any atom is 0.275 e. The van der Waals surface area contributed by atoms with Crippen LogP contribution in [0.5, 0.6) is 0 Å². The van der Waals surface area contributed by atoms with Crippen molar-refractivity contribution in [3.8, 4) is 0 Å². The molecule has 0 radical (unpaired) electrons. The SMILES string of the molecule is CCC[C@@H](C)NC(=O)C[NH+]1CCN(S(=O)(=O)c2cccc(Cl)c2)CC1. The lowest BCUT2D eigenvalue weighted by Gasteiger charge is -2.31. The monoisotopic (exact) mass is 388 g/mol. The molecule has 2 rings (SSSR count). The molecule has 1 fully saturated rings. The number of piperazine rings is 1. The first-order valence-corrected chi connectivity index (χ1v) is 10.5. The molecule has 1 atom stereocenters. The number of rotatable bonds is 7. The quantitative estimate of drug-likeness (QED) is 0.716. The van der Waals surface area contributed by atoms with Gasteiger partial charge in [-0.25, -0.2) is 8.42 Å².